The molecule has 0 spiro atoms. The van der Waals surface area contributed by atoms with E-state index in [0.29, 0.717) is 5.76 Å². The number of carbonyl (C=O) groups is 1. The van der Waals surface area contributed by atoms with Crippen LogP contribution in [0.3, 0.4) is 0 Å². The van der Waals surface area contributed by atoms with Gasteiger partial charge in [-0.05, 0) is 31.2 Å². The Bertz CT molecular complexity index is 714. The van der Waals surface area contributed by atoms with Crippen LogP contribution in [0, 0.1) is 6.92 Å². The van der Waals surface area contributed by atoms with Crippen LogP contribution >= 0.6 is 0 Å². The van der Waals surface area contributed by atoms with E-state index in [1.165, 1.54) is 12.1 Å². The Balaban J connectivity index is 2.02. The first-order chi connectivity index (χ1) is 9.88. The van der Waals surface area contributed by atoms with Crippen LogP contribution in [0.5, 0.6) is 0 Å². The second-order valence-electron chi connectivity index (χ2n) is 5.16. The van der Waals surface area contributed by atoms with E-state index in [2.05, 4.69) is 0 Å². The molecule has 0 saturated carbocycles. The number of ketones is 1. The lowest BCUT2D eigenvalue weighted by atomic mass is 10.0. The maximum Gasteiger partial charge on any atom is 0.185 e. The van der Waals surface area contributed by atoms with Crippen LogP contribution in [0.2, 0.25) is 0 Å². The lowest BCUT2D eigenvalue weighted by Crippen LogP contribution is -2.17. The summed E-state index contributed by atoms with van der Waals surface area (Å²) < 4.78 is 29.7. The van der Waals surface area contributed by atoms with Crippen molar-refractivity contribution in [3.63, 3.8) is 0 Å². The Hall–Kier alpha value is -1.88. The average Bonchev–Trinajstić information content (AvgIpc) is 2.86. The van der Waals surface area contributed by atoms with Crippen molar-refractivity contribution >= 4 is 15.6 Å². The third-order valence-corrected chi connectivity index (χ3v) is 4.93. The number of hydrogen-bond donors (Lipinski definition) is 0. The summed E-state index contributed by atoms with van der Waals surface area (Å²) in [5.74, 6) is 0.581. The van der Waals surface area contributed by atoms with Gasteiger partial charge in [-0.1, -0.05) is 25.1 Å². The van der Waals surface area contributed by atoms with E-state index in [4.69, 9.17) is 4.42 Å². The van der Waals surface area contributed by atoms with Gasteiger partial charge in [-0.25, -0.2) is 8.42 Å². The Morgan fingerprint density at radius 1 is 1.14 bits per heavy atom. The molecule has 1 atom stereocenters. The second kappa shape index (κ2) is 6.26. The van der Waals surface area contributed by atoms with E-state index in [1.807, 2.05) is 26.0 Å². The maximum absolute atomic E-state index is 12.1. The molecule has 0 aliphatic heterocycles. The van der Waals surface area contributed by atoms with Crippen molar-refractivity contribution in [3.8, 4) is 0 Å². The SMILES string of the molecule is Cc1ccc(C(C)CC(=O)CS(=O)(=O)c2ccccc2)o1. The van der Waals surface area contributed by atoms with Gasteiger partial charge in [0.25, 0.3) is 0 Å². The fourth-order valence-electron chi connectivity index (χ4n) is 2.14. The third-order valence-electron chi connectivity index (χ3n) is 3.23. The zero-order valence-corrected chi connectivity index (χ0v) is 12.9. The Labute approximate surface area is 124 Å². The van der Waals surface area contributed by atoms with Gasteiger partial charge in [0.2, 0.25) is 0 Å². The van der Waals surface area contributed by atoms with E-state index < -0.39 is 15.6 Å². The van der Waals surface area contributed by atoms with E-state index in [1.54, 1.807) is 18.2 Å². The van der Waals surface area contributed by atoms with Gasteiger partial charge >= 0.3 is 0 Å². The molecule has 112 valence electrons. The molecule has 0 fully saturated rings. The average molecular weight is 306 g/mol. The number of hydrogen-bond acceptors (Lipinski definition) is 4. The normalized spacial score (nSPS) is 13.0. The summed E-state index contributed by atoms with van der Waals surface area (Å²) in [6, 6.07) is 11.7. The quantitative estimate of drug-likeness (QED) is 0.822. The fourth-order valence-corrected chi connectivity index (χ4v) is 3.42. The topological polar surface area (TPSA) is 64.3 Å². The van der Waals surface area contributed by atoms with Gasteiger partial charge in [0.1, 0.15) is 23.1 Å². The van der Waals surface area contributed by atoms with Gasteiger partial charge in [0.15, 0.2) is 9.84 Å². The minimum absolute atomic E-state index is 0.128. The highest BCUT2D eigenvalue weighted by Gasteiger charge is 2.22. The molecule has 0 N–H and O–H groups in total. The Morgan fingerprint density at radius 2 is 1.81 bits per heavy atom. The van der Waals surface area contributed by atoms with Gasteiger partial charge in [-0.3, -0.25) is 4.79 Å². The Kier molecular flexibility index (Phi) is 4.63. The minimum atomic E-state index is -3.56. The summed E-state index contributed by atoms with van der Waals surface area (Å²) in [4.78, 5) is 12.2. The molecule has 1 heterocycles. The number of Topliss-reactive ketones (excluding diaryl/α,β-unsaturated/α-hetero) is 1. The molecule has 0 aliphatic carbocycles. The van der Waals surface area contributed by atoms with Crippen LogP contribution in [-0.2, 0) is 14.6 Å². The molecule has 0 saturated heterocycles. The first kappa shape index (κ1) is 15.5. The standard InChI is InChI=1S/C16H18O4S/c1-12(16-9-8-13(2)20-16)10-14(17)11-21(18,19)15-6-4-3-5-7-15/h3-9,12H,10-11H2,1-2H3. The van der Waals surface area contributed by atoms with Crippen molar-refractivity contribution in [1.29, 1.82) is 0 Å². The van der Waals surface area contributed by atoms with Crippen molar-refractivity contribution in [1.82, 2.24) is 0 Å². The molecule has 0 amide bonds. The highest BCUT2D eigenvalue weighted by molar-refractivity contribution is 7.92. The monoisotopic (exact) mass is 306 g/mol. The summed E-state index contributed by atoms with van der Waals surface area (Å²) in [5, 5.41) is 0. The third kappa shape index (κ3) is 4.04. The van der Waals surface area contributed by atoms with Crippen LogP contribution in [0.4, 0.5) is 0 Å². The predicted octanol–water partition coefficient (Wildman–Crippen LogP) is 3.12. The molecule has 4 nitrogen and oxygen atoms in total. The van der Waals surface area contributed by atoms with Gasteiger partial charge in [-0.15, -0.1) is 0 Å². The second-order valence-corrected chi connectivity index (χ2v) is 7.15. The van der Waals surface area contributed by atoms with Crippen LogP contribution in [0.1, 0.15) is 30.8 Å². The van der Waals surface area contributed by atoms with Crippen LogP contribution in [0.15, 0.2) is 51.8 Å². The summed E-state index contributed by atoms with van der Waals surface area (Å²) in [6.07, 6.45) is 0.152. The summed E-state index contributed by atoms with van der Waals surface area (Å²) in [7, 11) is -3.56. The van der Waals surface area contributed by atoms with Crippen molar-refractivity contribution in [2.75, 3.05) is 5.75 Å². The molecule has 2 rings (SSSR count). The highest BCUT2D eigenvalue weighted by atomic mass is 32.2. The van der Waals surface area contributed by atoms with Crippen molar-refractivity contribution in [2.45, 2.75) is 31.1 Å². The van der Waals surface area contributed by atoms with Gasteiger partial charge in [0.05, 0.1) is 4.90 Å². The molecule has 5 heteroatoms. The van der Waals surface area contributed by atoms with Gasteiger partial charge in [-0.2, -0.15) is 0 Å². The molecular formula is C16H18O4S. The first-order valence-corrected chi connectivity index (χ1v) is 8.39. The molecule has 1 unspecified atom stereocenters. The maximum atomic E-state index is 12.1. The van der Waals surface area contributed by atoms with Crippen LogP contribution in [-0.4, -0.2) is 20.0 Å². The molecular weight excluding hydrogens is 288 g/mol. The minimum Gasteiger partial charge on any atom is -0.466 e. The number of sulfone groups is 1. The summed E-state index contributed by atoms with van der Waals surface area (Å²) in [5.41, 5.74) is 0. The lowest BCUT2D eigenvalue weighted by molar-refractivity contribution is -0.117. The van der Waals surface area contributed by atoms with Gasteiger partial charge < -0.3 is 4.42 Å². The summed E-state index contributed by atoms with van der Waals surface area (Å²) in [6.45, 7) is 3.68. The fraction of sp³-hybridized carbons (Fsp3) is 0.312. The Morgan fingerprint density at radius 3 is 2.38 bits per heavy atom. The zero-order chi connectivity index (χ0) is 15.5. The number of furan rings is 1. The van der Waals surface area contributed by atoms with Crippen LogP contribution in [0.25, 0.3) is 0 Å². The largest absolute Gasteiger partial charge is 0.466 e. The summed E-state index contributed by atoms with van der Waals surface area (Å²) >= 11 is 0. The molecule has 21 heavy (non-hydrogen) atoms. The molecule has 1 aromatic carbocycles. The van der Waals surface area contributed by atoms with Gasteiger partial charge in [0, 0.05) is 12.3 Å². The molecule has 0 bridgehead atoms. The van der Waals surface area contributed by atoms with E-state index in [-0.39, 0.29) is 23.0 Å². The van der Waals surface area contributed by atoms with Crippen LogP contribution < -0.4 is 0 Å². The van der Waals surface area contributed by atoms with Crippen molar-refractivity contribution < 1.29 is 17.6 Å². The van der Waals surface area contributed by atoms with E-state index in [9.17, 15) is 13.2 Å². The zero-order valence-electron chi connectivity index (χ0n) is 12.1. The molecule has 0 aliphatic rings. The number of benzene rings is 1. The molecule has 2 aromatic rings. The van der Waals surface area contributed by atoms with Crippen molar-refractivity contribution in [2.24, 2.45) is 0 Å². The van der Waals surface area contributed by atoms with Crippen molar-refractivity contribution in [3.05, 3.63) is 54.0 Å². The predicted molar refractivity (Wildman–Crippen MR) is 80.0 cm³/mol. The molecule has 1 aromatic heterocycles. The van der Waals surface area contributed by atoms with E-state index >= 15 is 0 Å². The van der Waals surface area contributed by atoms with E-state index in [0.717, 1.165) is 5.76 Å². The molecule has 0 radical (unpaired) electrons. The number of rotatable bonds is 6. The highest BCUT2D eigenvalue weighted by Crippen LogP contribution is 2.22. The smallest absolute Gasteiger partial charge is 0.185 e. The number of aryl methyl sites for hydroxylation is 1. The first-order valence-electron chi connectivity index (χ1n) is 6.74. The lowest BCUT2D eigenvalue weighted by Gasteiger charge is -2.08. The number of carbonyl (C=O) groups excluding carboxylic acids is 1.